The van der Waals surface area contributed by atoms with E-state index in [1.54, 1.807) is 7.05 Å². The van der Waals surface area contributed by atoms with Crippen molar-refractivity contribution in [2.24, 2.45) is 5.92 Å². The second-order valence-corrected chi connectivity index (χ2v) is 2.70. The van der Waals surface area contributed by atoms with Crippen LogP contribution >= 0.6 is 0 Å². The topological polar surface area (TPSA) is 59.6 Å². The minimum absolute atomic E-state index is 0.0934. The third-order valence-electron chi connectivity index (χ3n) is 1.92. The lowest BCUT2D eigenvalue weighted by Gasteiger charge is -2.15. The Morgan fingerprint density at radius 3 is 3.17 bits per heavy atom. The summed E-state index contributed by atoms with van der Waals surface area (Å²) in [6, 6.07) is 0.0934. The van der Waals surface area contributed by atoms with E-state index in [2.05, 4.69) is 10.8 Å². The lowest BCUT2D eigenvalue weighted by Crippen LogP contribution is -2.37. The molecule has 0 aromatic heterocycles. The Hall–Kier alpha value is -0.650. The molecular weight excluding hydrogens is 160 g/mol. The van der Waals surface area contributed by atoms with Gasteiger partial charge >= 0.3 is 0 Å². The van der Waals surface area contributed by atoms with E-state index in [1.165, 1.54) is 0 Å². The van der Waals surface area contributed by atoms with Gasteiger partial charge in [-0.25, -0.2) is 5.48 Å². The second-order valence-electron chi connectivity index (χ2n) is 2.70. The van der Waals surface area contributed by atoms with Crippen molar-refractivity contribution in [3.05, 3.63) is 0 Å². The first-order valence-electron chi connectivity index (χ1n) is 3.94. The van der Waals surface area contributed by atoms with Crippen LogP contribution in [0.15, 0.2) is 0 Å². The molecule has 1 amide bonds. The number of carbonyl (C=O) groups excluding carboxylic acids is 1. The van der Waals surface area contributed by atoms with Crippen molar-refractivity contribution in [1.82, 2.24) is 10.8 Å². The Morgan fingerprint density at radius 2 is 2.50 bits per heavy atom. The van der Waals surface area contributed by atoms with E-state index in [9.17, 15) is 4.79 Å². The molecule has 1 heterocycles. The Balaban J connectivity index is 2.25. The number of hydrogen-bond acceptors (Lipinski definition) is 4. The average molecular weight is 174 g/mol. The molecule has 70 valence electrons. The largest absolute Gasteiger partial charge is 0.379 e. The van der Waals surface area contributed by atoms with Gasteiger partial charge < -0.3 is 14.9 Å². The zero-order valence-electron chi connectivity index (χ0n) is 7.08. The van der Waals surface area contributed by atoms with E-state index in [4.69, 9.17) is 9.57 Å². The minimum atomic E-state index is 0.0934. The highest BCUT2D eigenvalue weighted by Gasteiger charge is 2.27. The normalized spacial score (nSPS) is 28.8. The standard InChI is InChI=1S/C7H14N2O3/c1-8-12-3-6-2-11-4-7(6)9-5-10/h5-8H,2-4H2,1H3,(H,9,10). The molecule has 0 saturated carbocycles. The van der Waals surface area contributed by atoms with Gasteiger partial charge in [0, 0.05) is 13.0 Å². The summed E-state index contributed by atoms with van der Waals surface area (Å²) < 4.78 is 5.19. The number of rotatable bonds is 5. The van der Waals surface area contributed by atoms with E-state index < -0.39 is 0 Å². The maximum Gasteiger partial charge on any atom is 0.207 e. The zero-order valence-corrected chi connectivity index (χ0v) is 7.08. The molecule has 1 aliphatic heterocycles. The summed E-state index contributed by atoms with van der Waals surface area (Å²) in [5.74, 6) is 0.252. The first-order chi connectivity index (χ1) is 5.88. The van der Waals surface area contributed by atoms with Crippen LogP contribution in [0.1, 0.15) is 0 Å². The highest BCUT2D eigenvalue weighted by atomic mass is 16.6. The number of ether oxygens (including phenoxy) is 1. The molecule has 0 aromatic rings. The fourth-order valence-corrected chi connectivity index (χ4v) is 1.22. The Morgan fingerprint density at radius 1 is 1.67 bits per heavy atom. The van der Waals surface area contributed by atoms with E-state index in [0.29, 0.717) is 26.2 Å². The van der Waals surface area contributed by atoms with Gasteiger partial charge in [0.05, 0.1) is 25.9 Å². The molecule has 0 bridgehead atoms. The van der Waals surface area contributed by atoms with Crippen molar-refractivity contribution in [3.63, 3.8) is 0 Å². The van der Waals surface area contributed by atoms with E-state index >= 15 is 0 Å². The summed E-state index contributed by atoms with van der Waals surface area (Å²) in [7, 11) is 1.71. The summed E-state index contributed by atoms with van der Waals surface area (Å²) in [5.41, 5.74) is 2.59. The van der Waals surface area contributed by atoms with Crippen LogP contribution in [0.25, 0.3) is 0 Å². The quantitative estimate of drug-likeness (QED) is 0.410. The van der Waals surface area contributed by atoms with Crippen molar-refractivity contribution in [2.75, 3.05) is 26.9 Å². The van der Waals surface area contributed by atoms with Crippen LogP contribution in [0.4, 0.5) is 0 Å². The van der Waals surface area contributed by atoms with Crippen molar-refractivity contribution in [1.29, 1.82) is 0 Å². The van der Waals surface area contributed by atoms with Crippen LogP contribution in [-0.2, 0) is 14.4 Å². The molecule has 1 saturated heterocycles. The van der Waals surface area contributed by atoms with Gasteiger partial charge in [-0.3, -0.25) is 4.79 Å². The smallest absolute Gasteiger partial charge is 0.207 e. The van der Waals surface area contributed by atoms with Gasteiger partial charge in [0.1, 0.15) is 0 Å². The third kappa shape index (κ3) is 2.44. The second kappa shape index (κ2) is 5.08. The highest BCUT2D eigenvalue weighted by molar-refractivity contribution is 5.46. The molecule has 0 aromatic carbocycles. The highest BCUT2D eigenvalue weighted by Crippen LogP contribution is 2.12. The van der Waals surface area contributed by atoms with Gasteiger partial charge in [0.15, 0.2) is 0 Å². The van der Waals surface area contributed by atoms with E-state index in [1.807, 2.05) is 0 Å². The predicted octanol–water partition coefficient (Wildman–Crippen LogP) is -1.10. The molecule has 1 aliphatic rings. The summed E-state index contributed by atoms with van der Waals surface area (Å²) in [4.78, 5) is 15.2. The molecule has 2 unspecified atom stereocenters. The molecule has 12 heavy (non-hydrogen) atoms. The van der Waals surface area contributed by atoms with Crippen molar-refractivity contribution >= 4 is 6.41 Å². The maximum absolute atomic E-state index is 10.2. The number of hydroxylamine groups is 1. The fraction of sp³-hybridized carbons (Fsp3) is 0.857. The third-order valence-corrected chi connectivity index (χ3v) is 1.92. The number of hydrogen-bond donors (Lipinski definition) is 2. The van der Waals surface area contributed by atoms with Crippen molar-refractivity contribution in [2.45, 2.75) is 6.04 Å². The number of carbonyl (C=O) groups is 1. The Bertz CT molecular complexity index is 143. The Kier molecular flexibility index (Phi) is 3.99. The van der Waals surface area contributed by atoms with E-state index in [-0.39, 0.29) is 12.0 Å². The SMILES string of the molecule is CNOCC1COCC1NC=O. The van der Waals surface area contributed by atoms with Gasteiger partial charge in [0.2, 0.25) is 6.41 Å². The van der Waals surface area contributed by atoms with Gasteiger partial charge in [-0.2, -0.15) is 0 Å². The minimum Gasteiger partial charge on any atom is -0.379 e. The summed E-state index contributed by atoms with van der Waals surface area (Å²) in [5, 5.41) is 2.69. The van der Waals surface area contributed by atoms with Gasteiger partial charge in [-0.15, -0.1) is 0 Å². The molecule has 0 spiro atoms. The lowest BCUT2D eigenvalue weighted by atomic mass is 10.1. The maximum atomic E-state index is 10.2. The first-order valence-corrected chi connectivity index (χ1v) is 3.94. The van der Waals surface area contributed by atoms with Crippen LogP contribution in [0, 0.1) is 5.92 Å². The van der Waals surface area contributed by atoms with Gasteiger partial charge in [0.25, 0.3) is 0 Å². The fourth-order valence-electron chi connectivity index (χ4n) is 1.22. The van der Waals surface area contributed by atoms with Crippen LogP contribution in [0.2, 0.25) is 0 Å². The van der Waals surface area contributed by atoms with E-state index in [0.717, 1.165) is 0 Å². The number of amides is 1. The number of nitrogens with one attached hydrogen (secondary N) is 2. The zero-order chi connectivity index (χ0) is 8.81. The molecule has 2 atom stereocenters. The molecule has 1 fully saturated rings. The molecule has 5 nitrogen and oxygen atoms in total. The van der Waals surface area contributed by atoms with Crippen LogP contribution in [0.3, 0.4) is 0 Å². The van der Waals surface area contributed by atoms with Gasteiger partial charge in [-0.1, -0.05) is 0 Å². The van der Waals surface area contributed by atoms with Crippen LogP contribution in [-0.4, -0.2) is 39.3 Å². The van der Waals surface area contributed by atoms with Crippen molar-refractivity contribution < 1.29 is 14.4 Å². The Labute approximate surface area is 71.4 Å². The van der Waals surface area contributed by atoms with Crippen LogP contribution in [0.5, 0.6) is 0 Å². The molecule has 1 rings (SSSR count). The van der Waals surface area contributed by atoms with Gasteiger partial charge in [-0.05, 0) is 0 Å². The summed E-state index contributed by atoms with van der Waals surface area (Å²) in [6.45, 7) is 1.78. The van der Waals surface area contributed by atoms with Crippen LogP contribution < -0.4 is 10.8 Å². The summed E-state index contributed by atoms with van der Waals surface area (Å²) >= 11 is 0. The summed E-state index contributed by atoms with van der Waals surface area (Å²) in [6.07, 6.45) is 0.700. The molecule has 2 N–H and O–H groups in total. The van der Waals surface area contributed by atoms with Crippen molar-refractivity contribution in [3.8, 4) is 0 Å². The lowest BCUT2D eigenvalue weighted by molar-refractivity contribution is -0.110. The predicted molar refractivity (Wildman–Crippen MR) is 42.3 cm³/mol. The monoisotopic (exact) mass is 174 g/mol. The molecular formula is C7H14N2O3. The first kappa shape index (κ1) is 9.44. The molecule has 5 heteroatoms. The molecule has 0 aliphatic carbocycles. The average Bonchev–Trinajstić information content (AvgIpc) is 2.50. The molecule has 0 radical (unpaired) electrons.